The molecule has 2 atom stereocenters. The molecule has 92 valence electrons. The Morgan fingerprint density at radius 3 is 1.74 bits per heavy atom. The SMILES string of the molecule is c1cncc(C2=NN=C(c3cccnc3)C3CC23)c1. The Labute approximate surface area is 111 Å². The minimum Gasteiger partial charge on any atom is -0.264 e. The van der Waals surface area contributed by atoms with Crippen LogP contribution in [0.2, 0.25) is 0 Å². The molecule has 2 aromatic heterocycles. The smallest absolute Gasteiger partial charge is 0.0756 e. The fraction of sp³-hybridized carbons (Fsp3) is 0.200. The van der Waals surface area contributed by atoms with Crippen molar-refractivity contribution < 1.29 is 0 Å². The van der Waals surface area contributed by atoms with Crippen molar-refractivity contribution >= 4 is 11.4 Å². The Hall–Kier alpha value is -2.36. The largest absolute Gasteiger partial charge is 0.264 e. The topological polar surface area (TPSA) is 50.5 Å². The zero-order valence-electron chi connectivity index (χ0n) is 10.3. The molecule has 0 N–H and O–H groups in total. The number of pyridine rings is 2. The third-order valence-electron chi connectivity index (χ3n) is 3.67. The van der Waals surface area contributed by atoms with Crippen molar-refractivity contribution in [1.29, 1.82) is 0 Å². The Bertz CT molecular complexity index is 602. The quantitative estimate of drug-likeness (QED) is 0.819. The van der Waals surface area contributed by atoms with E-state index < -0.39 is 0 Å². The monoisotopic (exact) mass is 248 g/mol. The molecule has 2 unspecified atom stereocenters. The summed E-state index contributed by atoms with van der Waals surface area (Å²) in [4.78, 5) is 8.30. The highest BCUT2D eigenvalue weighted by Gasteiger charge is 2.47. The molecule has 0 saturated heterocycles. The van der Waals surface area contributed by atoms with Crippen LogP contribution in [0.3, 0.4) is 0 Å². The van der Waals surface area contributed by atoms with Gasteiger partial charge in [-0.2, -0.15) is 10.2 Å². The van der Waals surface area contributed by atoms with Crippen molar-refractivity contribution in [3.63, 3.8) is 0 Å². The predicted octanol–water partition coefficient (Wildman–Crippen LogP) is 2.32. The van der Waals surface area contributed by atoms with Gasteiger partial charge in [0.2, 0.25) is 0 Å². The minimum absolute atomic E-state index is 0.497. The second-order valence-corrected chi connectivity index (χ2v) is 4.90. The first-order valence-corrected chi connectivity index (χ1v) is 6.40. The maximum absolute atomic E-state index is 4.42. The summed E-state index contributed by atoms with van der Waals surface area (Å²) in [7, 11) is 0. The summed E-state index contributed by atoms with van der Waals surface area (Å²) in [5.41, 5.74) is 4.32. The van der Waals surface area contributed by atoms with Gasteiger partial charge in [-0.15, -0.1) is 0 Å². The molecular weight excluding hydrogens is 236 g/mol. The van der Waals surface area contributed by atoms with Crippen LogP contribution in [0, 0.1) is 11.8 Å². The van der Waals surface area contributed by atoms with E-state index in [0.29, 0.717) is 11.8 Å². The van der Waals surface area contributed by atoms with Gasteiger partial charge < -0.3 is 0 Å². The molecule has 3 heterocycles. The maximum Gasteiger partial charge on any atom is 0.0756 e. The molecule has 4 heteroatoms. The normalized spacial score (nSPS) is 24.2. The highest BCUT2D eigenvalue weighted by Crippen LogP contribution is 2.46. The van der Waals surface area contributed by atoms with Gasteiger partial charge in [0.1, 0.15) is 0 Å². The molecule has 1 fully saturated rings. The van der Waals surface area contributed by atoms with Gasteiger partial charge in [0.05, 0.1) is 11.4 Å². The van der Waals surface area contributed by atoms with Crippen LogP contribution in [0.25, 0.3) is 0 Å². The summed E-state index contributed by atoms with van der Waals surface area (Å²) in [5, 5.41) is 8.83. The van der Waals surface area contributed by atoms with E-state index in [-0.39, 0.29) is 0 Å². The van der Waals surface area contributed by atoms with Crippen LogP contribution in [-0.2, 0) is 0 Å². The zero-order valence-corrected chi connectivity index (χ0v) is 10.3. The van der Waals surface area contributed by atoms with Crippen LogP contribution in [0.1, 0.15) is 17.5 Å². The van der Waals surface area contributed by atoms with Crippen LogP contribution in [0.4, 0.5) is 0 Å². The van der Waals surface area contributed by atoms with E-state index in [0.717, 1.165) is 29.0 Å². The number of aromatic nitrogens is 2. The predicted molar refractivity (Wildman–Crippen MR) is 73.1 cm³/mol. The second kappa shape index (κ2) is 4.09. The van der Waals surface area contributed by atoms with Crippen molar-refractivity contribution in [3.05, 3.63) is 60.2 Å². The summed E-state index contributed by atoms with van der Waals surface area (Å²) >= 11 is 0. The summed E-state index contributed by atoms with van der Waals surface area (Å²) in [5.74, 6) is 0.994. The van der Waals surface area contributed by atoms with Crippen LogP contribution in [0.5, 0.6) is 0 Å². The van der Waals surface area contributed by atoms with Crippen LogP contribution < -0.4 is 0 Å². The molecule has 0 spiro atoms. The van der Waals surface area contributed by atoms with E-state index in [2.05, 4.69) is 20.2 Å². The molecule has 4 nitrogen and oxygen atoms in total. The Morgan fingerprint density at radius 2 is 1.32 bits per heavy atom. The van der Waals surface area contributed by atoms with Gasteiger partial charge in [-0.3, -0.25) is 9.97 Å². The third kappa shape index (κ3) is 1.76. The van der Waals surface area contributed by atoms with Crippen LogP contribution >= 0.6 is 0 Å². The van der Waals surface area contributed by atoms with E-state index in [4.69, 9.17) is 0 Å². The number of hydrogen-bond acceptors (Lipinski definition) is 4. The Balaban J connectivity index is 1.73. The molecule has 2 aliphatic rings. The summed E-state index contributed by atoms with van der Waals surface area (Å²) in [6.07, 6.45) is 8.41. The zero-order chi connectivity index (χ0) is 12.7. The number of fused-ring (bicyclic) bond motifs is 1. The lowest BCUT2D eigenvalue weighted by atomic mass is 10.0. The van der Waals surface area contributed by atoms with Crippen molar-refractivity contribution in [2.45, 2.75) is 6.42 Å². The lowest BCUT2D eigenvalue weighted by Crippen LogP contribution is -2.15. The molecule has 1 saturated carbocycles. The van der Waals surface area contributed by atoms with Crippen LogP contribution in [0.15, 0.2) is 59.3 Å². The van der Waals surface area contributed by atoms with Crippen molar-refractivity contribution in [2.24, 2.45) is 22.0 Å². The first-order valence-electron chi connectivity index (χ1n) is 6.40. The molecule has 2 aromatic rings. The highest BCUT2D eigenvalue weighted by atomic mass is 15.2. The van der Waals surface area contributed by atoms with Crippen molar-refractivity contribution in [3.8, 4) is 0 Å². The first kappa shape index (κ1) is 10.6. The van der Waals surface area contributed by atoms with Gasteiger partial charge in [0.25, 0.3) is 0 Å². The number of nitrogens with zero attached hydrogens (tertiary/aromatic N) is 4. The fourth-order valence-electron chi connectivity index (χ4n) is 2.63. The minimum atomic E-state index is 0.497. The molecule has 1 aliphatic carbocycles. The van der Waals surface area contributed by atoms with E-state index in [1.807, 2.05) is 36.7 Å². The van der Waals surface area contributed by atoms with E-state index in [9.17, 15) is 0 Å². The average Bonchev–Trinajstić information content (AvgIpc) is 3.28. The molecular formula is C15H12N4. The second-order valence-electron chi connectivity index (χ2n) is 4.90. The maximum atomic E-state index is 4.42. The molecule has 1 aliphatic heterocycles. The first-order chi connectivity index (χ1) is 9.43. The fourth-order valence-corrected chi connectivity index (χ4v) is 2.63. The molecule has 0 bridgehead atoms. The summed E-state index contributed by atoms with van der Waals surface area (Å²) < 4.78 is 0. The van der Waals surface area contributed by atoms with E-state index in [1.165, 1.54) is 0 Å². The van der Waals surface area contributed by atoms with Gasteiger partial charge in [0, 0.05) is 47.8 Å². The van der Waals surface area contributed by atoms with Gasteiger partial charge in [0.15, 0.2) is 0 Å². The van der Waals surface area contributed by atoms with Gasteiger partial charge in [-0.1, -0.05) is 0 Å². The Morgan fingerprint density at radius 1 is 0.789 bits per heavy atom. The summed E-state index contributed by atoms with van der Waals surface area (Å²) in [6.45, 7) is 0. The lowest BCUT2D eigenvalue weighted by molar-refractivity contribution is 0.995. The standard InChI is InChI=1S/C15H12N4/c1-3-10(8-16-5-1)14-12-7-13(12)15(19-18-14)11-4-2-6-17-9-11/h1-6,8-9,12-13H,7H2. The number of hydrogen-bond donors (Lipinski definition) is 0. The van der Waals surface area contributed by atoms with Gasteiger partial charge in [-0.05, 0) is 30.7 Å². The molecule has 4 rings (SSSR count). The molecule has 0 radical (unpaired) electrons. The Kier molecular flexibility index (Phi) is 2.27. The van der Waals surface area contributed by atoms with Gasteiger partial charge in [-0.25, -0.2) is 0 Å². The van der Waals surface area contributed by atoms with E-state index in [1.54, 1.807) is 12.4 Å². The lowest BCUT2D eigenvalue weighted by Gasteiger charge is -2.11. The molecule has 0 aromatic carbocycles. The summed E-state index contributed by atoms with van der Waals surface area (Å²) in [6, 6.07) is 7.97. The van der Waals surface area contributed by atoms with E-state index >= 15 is 0 Å². The highest BCUT2D eigenvalue weighted by molar-refractivity contribution is 6.14. The van der Waals surface area contributed by atoms with Gasteiger partial charge >= 0.3 is 0 Å². The molecule has 0 amide bonds. The van der Waals surface area contributed by atoms with Crippen molar-refractivity contribution in [1.82, 2.24) is 9.97 Å². The number of rotatable bonds is 2. The average molecular weight is 248 g/mol. The third-order valence-corrected chi connectivity index (χ3v) is 3.67. The van der Waals surface area contributed by atoms with Crippen molar-refractivity contribution in [2.75, 3.05) is 0 Å². The molecule has 19 heavy (non-hydrogen) atoms. The van der Waals surface area contributed by atoms with Crippen LogP contribution in [-0.4, -0.2) is 21.4 Å².